The van der Waals surface area contributed by atoms with E-state index in [4.69, 9.17) is 4.74 Å². The Morgan fingerprint density at radius 3 is 2.68 bits per heavy atom. The van der Waals surface area contributed by atoms with Gasteiger partial charge in [0.1, 0.15) is 0 Å². The molecule has 2 aliphatic rings. The van der Waals surface area contributed by atoms with E-state index in [0.29, 0.717) is 6.61 Å². The molecular weight excluding hydrogens is 306 g/mol. The van der Waals surface area contributed by atoms with Crippen LogP contribution in [0.3, 0.4) is 0 Å². The van der Waals surface area contributed by atoms with Crippen molar-refractivity contribution in [3.8, 4) is 6.07 Å². The predicted molar refractivity (Wildman–Crippen MR) is 73.2 cm³/mol. The Balaban J connectivity index is 1.94. The van der Waals surface area contributed by atoms with Crippen molar-refractivity contribution in [3.05, 3.63) is 34.3 Å². The molecule has 3 rings (SSSR count). The van der Waals surface area contributed by atoms with Crippen LogP contribution in [0.2, 0.25) is 0 Å². The molecule has 1 aromatic rings. The largest absolute Gasteiger partial charge is 0.465 e. The number of esters is 1. The second-order valence-corrected chi connectivity index (χ2v) is 6.29. The van der Waals surface area contributed by atoms with Gasteiger partial charge in [0.25, 0.3) is 0 Å². The van der Waals surface area contributed by atoms with E-state index in [1.807, 2.05) is 24.3 Å². The Labute approximate surface area is 120 Å². The lowest BCUT2D eigenvalue weighted by Crippen LogP contribution is -2.32. The van der Waals surface area contributed by atoms with Gasteiger partial charge in [-0.1, -0.05) is 28.1 Å². The van der Waals surface area contributed by atoms with Crippen LogP contribution in [-0.2, 0) is 9.53 Å². The summed E-state index contributed by atoms with van der Waals surface area (Å²) in [6.45, 7) is 0.481. The maximum atomic E-state index is 11.9. The monoisotopic (exact) mass is 319 g/mol. The standard InChI is InChI=1S/C15H14BrNO2/c16-12-3-1-10(2-4-12)13-6-9(7-17)5-11-8-19-15(18)14(11)13/h1-4,9,11,13-14H,5-6,8H2. The molecule has 4 atom stereocenters. The van der Waals surface area contributed by atoms with Gasteiger partial charge in [-0.25, -0.2) is 0 Å². The minimum atomic E-state index is -0.0886. The van der Waals surface area contributed by atoms with Gasteiger partial charge in [-0.05, 0) is 36.5 Å². The molecule has 2 fully saturated rings. The van der Waals surface area contributed by atoms with Gasteiger partial charge in [-0.15, -0.1) is 0 Å². The summed E-state index contributed by atoms with van der Waals surface area (Å²) in [6, 6.07) is 10.4. The molecule has 4 heteroatoms. The lowest BCUT2D eigenvalue weighted by atomic mass is 9.67. The van der Waals surface area contributed by atoms with Crippen LogP contribution in [0.25, 0.3) is 0 Å². The molecule has 0 aromatic heterocycles. The highest BCUT2D eigenvalue weighted by molar-refractivity contribution is 9.10. The molecule has 1 aliphatic carbocycles. The second kappa shape index (κ2) is 4.97. The highest BCUT2D eigenvalue weighted by Crippen LogP contribution is 2.47. The van der Waals surface area contributed by atoms with Gasteiger partial charge in [0, 0.05) is 16.3 Å². The van der Waals surface area contributed by atoms with Gasteiger partial charge in [0.05, 0.1) is 18.6 Å². The van der Waals surface area contributed by atoms with Gasteiger partial charge in [-0.2, -0.15) is 5.26 Å². The molecule has 1 aliphatic heterocycles. The quantitative estimate of drug-likeness (QED) is 0.746. The summed E-state index contributed by atoms with van der Waals surface area (Å²) in [7, 11) is 0. The van der Waals surface area contributed by atoms with Crippen LogP contribution in [0, 0.1) is 29.1 Å². The molecule has 1 heterocycles. The fraction of sp³-hybridized carbons (Fsp3) is 0.467. The van der Waals surface area contributed by atoms with Crippen molar-refractivity contribution in [1.82, 2.24) is 0 Å². The highest BCUT2D eigenvalue weighted by atomic mass is 79.9. The van der Waals surface area contributed by atoms with E-state index in [9.17, 15) is 10.1 Å². The highest BCUT2D eigenvalue weighted by Gasteiger charge is 2.47. The molecule has 0 spiro atoms. The van der Waals surface area contributed by atoms with E-state index in [-0.39, 0.29) is 29.6 Å². The third kappa shape index (κ3) is 2.28. The van der Waals surface area contributed by atoms with Crippen molar-refractivity contribution in [1.29, 1.82) is 5.26 Å². The van der Waals surface area contributed by atoms with E-state index in [1.54, 1.807) is 0 Å². The first-order chi connectivity index (χ1) is 9.19. The topological polar surface area (TPSA) is 50.1 Å². The average molecular weight is 320 g/mol. The van der Waals surface area contributed by atoms with E-state index < -0.39 is 0 Å². The molecule has 0 N–H and O–H groups in total. The van der Waals surface area contributed by atoms with Gasteiger partial charge < -0.3 is 4.74 Å². The van der Waals surface area contributed by atoms with E-state index in [2.05, 4.69) is 22.0 Å². The Hall–Kier alpha value is -1.34. The number of benzene rings is 1. The van der Waals surface area contributed by atoms with Crippen LogP contribution >= 0.6 is 15.9 Å². The van der Waals surface area contributed by atoms with Gasteiger partial charge in [0.2, 0.25) is 0 Å². The zero-order chi connectivity index (χ0) is 13.4. The van der Waals surface area contributed by atoms with Crippen molar-refractivity contribution in [2.75, 3.05) is 6.61 Å². The normalized spacial score (nSPS) is 33.4. The maximum absolute atomic E-state index is 11.9. The third-order valence-electron chi connectivity index (χ3n) is 4.26. The molecule has 1 aromatic carbocycles. The summed E-state index contributed by atoms with van der Waals surface area (Å²) < 4.78 is 6.23. The average Bonchev–Trinajstić information content (AvgIpc) is 2.80. The number of nitriles is 1. The Bertz CT molecular complexity index is 534. The molecule has 0 bridgehead atoms. The third-order valence-corrected chi connectivity index (χ3v) is 4.79. The molecule has 1 saturated heterocycles. The molecule has 0 amide bonds. The first-order valence-corrected chi connectivity index (χ1v) is 7.30. The molecule has 3 nitrogen and oxygen atoms in total. The van der Waals surface area contributed by atoms with Crippen molar-refractivity contribution < 1.29 is 9.53 Å². The van der Waals surface area contributed by atoms with Crippen LogP contribution in [0.15, 0.2) is 28.7 Å². The van der Waals surface area contributed by atoms with Crippen molar-refractivity contribution >= 4 is 21.9 Å². The number of hydrogen-bond donors (Lipinski definition) is 0. The van der Waals surface area contributed by atoms with Crippen LogP contribution in [0.5, 0.6) is 0 Å². The van der Waals surface area contributed by atoms with Crippen LogP contribution < -0.4 is 0 Å². The first-order valence-electron chi connectivity index (χ1n) is 6.50. The number of fused-ring (bicyclic) bond motifs is 1. The maximum Gasteiger partial charge on any atom is 0.309 e. The van der Waals surface area contributed by atoms with E-state index in [1.165, 1.54) is 0 Å². The van der Waals surface area contributed by atoms with Gasteiger partial charge >= 0.3 is 5.97 Å². The Morgan fingerprint density at radius 1 is 1.26 bits per heavy atom. The summed E-state index contributed by atoms with van der Waals surface area (Å²) in [6.07, 6.45) is 1.55. The molecule has 98 valence electrons. The number of rotatable bonds is 1. The molecular formula is C15H14BrNO2. The first kappa shape index (κ1) is 12.7. The lowest BCUT2D eigenvalue weighted by Gasteiger charge is -2.33. The SMILES string of the molecule is N#CC1CC2COC(=O)C2C(c2ccc(Br)cc2)C1. The Morgan fingerprint density at radius 2 is 2.00 bits per heavy atom. The molecule has 1 saturated carbocycles. The molecule has 4 unspecified atom stereocenters. The zero-order valence-electron chi connectivity index (χ0n) is 10.4. The van der Waals surface area contributed by atoms with Crippen molar-refractivity contribution in [3.63, 3.8) is 0 Å². The summed E-state index contributed by atoms with van der Waals surface area (Å²) >= 11 is 3.42. The van der Waals surface area contributed by atoms with E-state index in [0.717, 1.165) is 22.9 Å². The predicted octanol–water partition coefficient (Wildman–Crippen LogP) is 3.26. The number of nitrogens with zero attached hydrogens (tertiary/aromatic N) is 1. The van der Waals surface area contributed by atoms with Gasteiger partial charge in [-0.3, -0.25) is 4.79 Å². The van der Waals surface area contributed by atoms with Crippen LogP contribution in [0.1, 0.15) is 24.3 Å². The van der Waals surface area contributed by atoms with Crippen molar-refractivity contribution in [2.24, 2.45) is 17.8 Å². The van der Waals surface area contributed by atoms with Crippen molar-refractivity contribution in [2.45, 2.75) is 18.8 Å². The Kier molecular flexibility index (Phi) is 3.32. The molecule has 0 radical (unpaired) electrons. The fourth-order valence-electron chi connectivity index (χ4n) is 3.36. The number of ether oxygens (including phenoxy) is 1. The van der Waals surface area contributed by atoms with Gasteiger partial charge in [0.15, 0.2) is 0 Å². The molecule has 19 heavy (non-hydrogen) atoms. The van der Waals surface area contributed by atoms with Crippen LogP contribution in [0.4, 0.5) is 0 Å². The van der Waals surface area contributed by atoms with E-state index >= 15 is 0 Å². The lowest BCUT2D eigenvalue weighted by molar-refractivity contribution is -0.142. The number of halogens is 1. The minimum Gasteiger partial charge on any atom is -0.465 e. The number of carbonyl (C=O) groups excluding carboxylic acids is 1. The number of carbonyl (C=O) groups is 1. The smallest absolute Gasteiger partial charge is 0.309 e. The number of cyclic esters (lactones) is 1. The summed E-state index contributed by atoms with van der Waals surface area (Å²) in [5.41, 5.74) is 1.14. The minimum absolute atomic E-state index is 0.0318. The zero-order valence-corrected chi connectivity index (χ0v) is 12.0. The van der Waals surface area contributed by atoms with Crippen LogP contribution in [-0.4, -0.2) is 12.6 Å². The summed E-state index contributed by atoms with van der Waals surface area (Å²) in [5.74, 6) is 0.204. The summed E-state index contributed by atoms with van der Waals surface area (Å²) in [4.78, 5) is 11.9. The second-order valence-electron chi connectivity index (χ2n) is 5.37. The fourth-order valence-corrected chi connectivity index (χ4v) is 3.63. The number of hydrogen-bond acceptors (Lipinski definition) is 3. The summed E-state index contributed by atoms with van der Waals surface area (Å²) in [5, 5.41) is 9.20.